The highest BCUT2D eigenvalue weighted by molar-refractivity contribution is 6.30. The second-order valence-corrected chi connectivity index (χ2v) is 10.1. The van der Waals surface area contributed by atoms with Crippen molar-refractivity contribution in [2.24, 2.45) is 0 Å². The smallest absolute Gasteiger partial charge is 0.239 e. The number of hydrogen-bond donors (Lipinski definition) is 0. The Hall–Kier alpha value is -2.75. The minimum absolute atomic E-state index is 0.0476. The summed E-state index contributed by atoms with van der Waals surface area (Å²) in [5.74, 6) is 0. The molecule has 3 aromatic carbocycles. The van der Waals surface area contributed by atoms with Crippen LogP contribution in [0.5, 0.6) is 0 Å². The highest BCUT2D eigenvalue weighted by atomic mass is 35.5. The van der Waals surface area contributed by atoms with Crippen molar-refractivity contribution < 1.29 is 8.78 Å². The van der Waals surface area contributed by atoms with Crippen molar-refractivity contribution in [3.8, 4) is 0 Å². The lowest BCUT2D eigenvalue weighted by Crippen LogP contribution is -2.40. The molecular formula is C31H30ClF2N. The van der Waals surface area contributed by atoms with E-state index in [1.165, 1.54) is 44.5 Å². The molecule has 180 valence electrons. The predicted molar refractivity (Wildman–Crippen MR) is 143 cm³/mol. The van der Waals surface area contributed by atoms with Crippen LogP contribution in [0.4, 0.5) is 8.78 Å². The maximum atomic E-state index is 12.4. The van der Waals surface area contributed by atoms with Crippen molar-refractivity contribution in [1.29, 1.82) is 0 Å². The van der Waals surface area contributed by atoms with E-state index in [-0.39, 0.29) is 6.42 Å². The van der Waals surface area contributed by atoms with Gasteiger partial charge in [0.15, 0.2) is 0 Å². The van der Waals surface area contributed by atoms with Gasteiger partial charge in [-0.3, -0.25) is 4.90 Å². The first kappa shape index (κ1) is 24.0. The number of alkyl halides is 2. The van der Waals surface area contributed by atoms with Gasteiger partial charge in [-0.25, -0.2) is 8.78 Å². The van der Waals surface area contributed by atoms with Gasteiger partial charge in [-0.1, -0.05) is 72.3 Å². The second-order valence-electron chi connectivity index (χ2n) is 9.64. The Bertz CT molecular complexity index is 1270. The summed E-state index contributed by atoms with van der Waals surface area (Å²) in [5.41, 5.74) is 11.5. The normalized spacial score (nSPS) is 16.2. The van der Waals surface area contributed by atoms with E-state index in [0.717, 1.165) is 42.9 Å². The second kappa shape index (κ2) is 10.5. The molecule has 1 saturated heterocycles. The number of fused-ring (bicyclic) bond motifs is 1. The Kier molecular flexibility index (Phi) is 7.17. The Labute approximate surface area is 211 Å². The van der Waals surface area contributed by atoms with Crippen LogP contribution in [0.2, 0.25) is 5.02 Å². The van der Waals surface area contributed by atoms with E-state index in [1.807, 2.05) is 6.07 Å². The van der Waals surface area contributed by atoms with Crippen LogP contribution in [0.25, 0.3) is 17.2 Å². The number of rotatable bonds is 6. The number of aryl methyl sites for hydroxylation is 2. The maximum absolute atomic E-state index is 12.4. The number of nitrogens with zero attached hydrogens (tertiary/aromatic N) is 1. The zero-order valence-electron chi connectivity index (χ0n) is 20.0. The molecule has 0 atom stereocenters. The standard InChI is InChI=1S/C31H30ClF2N/c1-21-17-26(32)13-14-27(21)29-8-4-6-24-5-2-3-7-28(24)31(29)25-11-9-22(10-12-25)18-23-19-35(20-23)16-15-30(33)34/h2-3,5,7,9-14,17-18,30H,4,6,8,15-16,19-20H2,1H3. The largest absolute Gasteiger partial charge is 0.295 e. The fraction of sp³-hybridized carbons (Fsp3) is 0.290. The molecule has 0 amide bonds. The molecule has 0 N–H and O–H groups in total. The molecule has 1 aliphatic carbocycles. The first-order chi connectivity index (χ1) is 17.0. The van der Waals surface area contributed by atoms with Crippen molar-refractivity contribution in [3.05, 3.63) is 111 Å². The zero-order chi connectivity index (χ0) is 24.4. The molecule has 1 aliphatic heterocycles. The van der Waals surface area contributed by atoms with E-state index in [2.05, 4.69) is 78.6 Å². The van der Waals surface area contributed by atoms with Gasteiger partial charge in [0.2, 0.25) is 6.43 Å². The molecule has 3 aromatic rings. The summed E-state index contributed by atoms with van der Waals surface area (Å²) in [6, 6.07) is 23.8. The van der Waals surface area contributed by atoms with Crippen LogP contribution < -0.4 is 0 Å². The third-order valence-electron chi connectivity index (χ3n) is 7.06. The Morgan fingerprint density at radius 1 is 0.943 bits per heavy atom. The topological polar surface area (TPSA) is 3.24 Å². The van der Waals surface area contributed by atoms with E-state index < -0.39 is 6.43 Å². The van der Waals surface area contributed by atoms with Gasteiger partial charge in [0.1, 0.15) is 0 Å². The van der Waals surface area contributed by atoms with Crippen molar-refractivity contribution in [2.75, 3.05) is 19.6 Å². The molecule has 0 saturated carbocycles. The first-order valence-electron chi connectivity index (χ1n) is 12.4. The van der Waals surface area contributed by atoms with E-state index in [0.29, 0.717) is 6.54 Å². The minimum atomic E-state index is -2.22. The van der Waals surface area contributed by atoms with Gasteiger partial charge in [-0.05, 0) is 88.4 Å². The van der Waals surface area contributed by atoms with Gasteiger partial charge in [0.25, 0.3) is 0 Å². The van der Waals surface area contributed by atoms with Crippen LogP contribution in [-0.4, -0.2) is 31.0 Å². The number of benzene rings is 3. The first-order valence-corrected chi connectivity index (χ1v) is 12.7. The quantitative estimate of drug-likeness (QED) is 0.336. The van der Waals surface area contributed by atoms with E-state index >= 15 is 0 Å². The van der Waals surface area contributed by atoms with E-state index in [9.17, 15) is 8.78 Å². The molecule has 0 radical (unpaired) electrons. The lowest BCUT2D eigenvalue weighted by Gasteiger charge is -2.34. The molecule has 0 bridgehead atoms. The number of allylic oxidation sites excluding steroid dienone is 1. The third-order valence-corrected chi connectivity index (χ3v) is 7.30. The SMILES string of the molecule is Cc1cc(Cl)ccc1C1=C(c2ccc(C=C3CN(CCC(F)F)C3)cc2)c2ccccc2CCC1. The number of hydrogen-bond acceptors (Lipinski definition) is 1. The molecule has 2 aliphatic rings. The summed E-state index contributed by atoms with van der Waals surface area (Å²) < 4.78 is 24.9. The van der Waals surface area contributed by atoms with Gasteiger partial charge in [-0.2, -0.15) is 0 Å². The maximum Gasteiger partial charge on any atom is 0.239 e. The van der Waals surface area contributed by atoms with Crippen LogP contribution in [0, 0.1) is 6.92 Å². The van der Waals surface area contributed by atoms with Crippen LogP contribution >= 0.6 is 11.6 Å². The predicted octanol–water partition coefficient (Wildman–Crippen LogP) is 8.30. The molecule has 5 rings (SSSR count). The summed E-state index contributed by atoms with van der Waals surface area (Å²) in [4.78, 5) is 2.07. The van der Waals surface area contributed by atoms with E-state index in [1.54, 1.807) is 0 Å². The lowest BCUT2D eigenvalue weighted by molar-refractivity contribution is 0.111. The average Bonchev–Trinajstić information content (AvgIpc) is 3.00. The summed E-state index contributed by atoms with van der Waals surface area (Å²) in [6.45, 7) is 4.18. The highest BCUT2D eigenvalue weighted by Gasteiger charge is 2.22. The fourth-order valence-electron chi connectivity index (χ4n) is 5.33. The number of likely N-dealkylation sites (tertiary alicyclic amines) is 1. The van der Waals surface area contributed by atoms with Crippen LogP contribution in [0.3, 0.4) is 0 Å². The molecule has 0 spiro atoms. The van der Waals surface area contributed by atoms with E-state index in [4.69, 9.17) is 11.6 Å². The van der Waals surface area contributed by atoms with Gasteiger partial charge in [0, 0.05) is 31.1 Å². The molecule has 0 unspecified atom stereocenters. The van der Waals surface area contributed by atoms with Crippen molar-refractivity contribution in [1.82, 2.24) is 4.90 Å². The van der Waals surface area contributed by atoms with Gasteiger partial charge >= 0.3 is 0 Å². The van der Waals surface area contributed by atoms with Crippen LogP contribution in [0.15, 0.2) is 72.3 Å². The highest BCUT2D eigenvalue weighted by Crippen LogP contribution is 2.41. The van der Waals surface area contributed by atoms with Gasteiger partial charge in [0.05, 0.1) is 0 Å². The molecule has 1 nitrogen and oxygen atoms in total. The molecule has 1 fully saturated rings. The molecule has 35 heavy (non-hydrogen) atoms. The van der Waals surface area contributed by atoms with Crippen molar-refractivity contribution in [3.63, 3.8) is 0 Å². The summed E-state index contributed by atoms with van der Waals surface area (Å²) in [6.07, 6.45) is 3.13. The number of halogens is 3. The Morgan fingerprint density at radius 3 is 2.46 bits per heavy atom. The fourth-order valence-corrected chi connectivity index (χ4v) is 5.56. The minimum Gasteiger partial charge on any atom is -0.295 e. The Balaban J connectivity index is 1.48. The molecule has 1 heterocycles. The van der Waals surface area contributed by atoms with Gasteiger partial charge in [-0.15, -0.1) is 0 Å². The van der Waals surface area contributed by atoms with Crippen LogP contribution in [0.1, 0.15) is 52.6 Å². The third kappa shape index (κ3) is 5.42. The lowest BCUT2D eigenvalue weighted by atomic mass is 9.86. The zero-order valence-corrected chi connectivity index (χ0v) is 20.8. The Morgan fingerprint density at radius 2 is 1.71 bits per heavy atom. The van der Waals surface area contributed by atoms with Crippen LogP contribution in [-0.2, 0) is 6.42 Å². The molecule has 4 heteroatoms. The summed E-state index contributed by atoms with van der Waals surface area (Å²) >= 11 is 6.28. The van der Waals surface area contributed by atoms with Crippen molar-refractivity contribution in [2.45, 2.75) is 39.0 Å². The van der Waals surface area contributed by atoms with Crippen molar-refractivity contribution >= 4 is 28.8 Å². The summed E-state index contributed by atoms with van der Waals surface area (Å²) in [5, 5.41) is 0.767. The van der Waals surface area contributed by atoms with Gasteiger partial charge < -0.3 is 0 Å². The molecule has 0 aromatic heterocycles. The average molecular weight is 490 g/mol. The summed E-state index contributed by atoms with van der Waals surface area (Å²) in [7, 11) is 0. The molecular weight excluding hydrogens is 460 g/mol. The monoisotopic (exact) mass is 489 g/mol.